The summed E-state index contributed by atoms with van der Waals surface area (Å²) in [5, 5.41) is 0. The standard InChI is InChI=1S/C67H68N2/c1-49-23-41-63-64-42-40-62(69(60-21-13-8-14-22-60)61-38-34-53(35-39-61)52-32-36-59(37-33-52)68(2)58-19-11-7-12-20-58)48-66(64)67(65(63)45-49,43-15-5-3-9-17-50-24-26-54-28-30-56(54)46-50)44-16-6-4-10-18-51-25-27-55-29-31-57(55)47-51/h7-8,11-14,19-27,32-42,45-48H,3-6,9-10,15-18,28-31,43-44H2,1-2H3. The topological polar surface area (TPSA) is 6.48 Å². The summed E-state index contributed by atoms with van der Waals surface area (Å²) in [6, 6.07) is 69.0. The molecule has 2 nitrogen and oxygen atoms in total. The van der Waals surface area contributed by atoms with Gasteiger partial charge in [-0.25, -0.2) is 0 Å². The van der Waals surface area contributed by atoms with E-state index in [4.69, 9.17) is 0 Å². The van der Waals surface area contributed by atoms with Crippen molar-refractivity contribution in [1.29, 1.82) is 0 Å². The lowest BCUT2D eigenvalue weighted by molar-refractivity contribution is 0.399. The maximum atomic E-state index is 2.60. The Hall–Kier alpha value is -6.64. The van der Waals surface area contributed by atoms with E-state index in [0.717, 1.165) is 0 Å². The van der Waals surface area contributed by atoms with Crippen LogP contribution in [0.25, 0.3) is 22.3 Å². The average molecular weight is 901 g/mol. The number of aryl methyl sites for hydroxylation is 7. The molecule has 8 aromatic rings. The van der Waals surface area contributed by atoms with Crippen molar-refractivity contribution in [2.24, 2.45) is 0 Å². The Kier molecular flexibility index (Phi) is 13.1. The molecule has 0 aliphatic heterocycles. The number of para-hydroxylation sites is 2. The van der Waals surface area contributed by atoms with E-state index in [-0.39, 0.29) is 5.41 Å². The fourth-order valence-corrected chi connectivity index (χ4v) is 11.9. The lowest BCUT2D eigenvalue weighted by Gasteiger charge is -2.34. The summed E-state index contributed by atoms with van der Waals surface area (Å²) in [5.41, 5.74) is 25.1. The molecule has 0 saturated carbocycles. The van der Waals surface area contributed by atoms with Gasteiger partial charge in [0.1, 0.15) is 0 Å². The van der Waals surface area contributed by atoms with Gasteiger partial charge in [0.2, 0.25) is 0 Å². The lowest BCUT2D eigenvalue weighted by atomic mass is 9.70. The van der Waals surface area contributed by atoms with Crippen molar-refractivity contribution in [1.82, 2.24) is 0 Å². The third kappa shape index (κ3) is 9.44. The van der Waals surface area contributed by atoms with E-state index in [9.17, 15) is 0 Å². The minimum Gasteiger partial charge on any atom is -0.345 e. The van der Waals surface area contributed by atoms with Crippen LogP contribution in [0.15, 0.2) is 182 Å². The van der Waals surface area contributed by atoms with Gasteiger partial charge in [0.25, 0.3) is 0 Å². The number of anilines is 5. The fraction of sp³-hybridized carbons (Fsp3) is 0.284. The first-order chi connectivity index (χ1) is 34.0. The van der Waals surface area contributed by atoms with Crippen LogP contribution in [0.4, 0.5) is 28.4 Å². The number of unbranched alkanes of at least 4 members (excludes halogenated alkanes) is 6. The maximum absolute atomic E-state index is 2.60. The molecule has 346 valence electrons. The highest BCUT2D eigenvalue weighted by Gasteiger charge is 2.42. The van der Waals surface area contributed by atoms with Gasteiger partial charge in [0.05, 0.1) is 0 Å². The first-order valence-electron chi connectivity index (χ1n) is 26.3. The van der Waals surface area contributed by atoms with Crippen LogP contribution >= 0.6 is 0 Å². The van der Waals surface area contributed by atoms with Crippen molar-refractivity contribution in [2.75, 3.05) is 16.8 Å². The van der Waals surface area contributed by atoms with Crippen molar-refractivity contribution in [2.45, 2.75) is 115 Å². The Morgan fingerprint density at radius 1 is 0.377 bits per heavy atom. The summed E-state index contributed by atoms with van der Waals surface area (Å²) in [4.78, 5) is 4.72. The van der Waals surface area contributed by atoms with E-state index >= 15 is 0 Å². The van der Waals surface area contributed by atoms with Gasteiger partial charge < -0.3 is 9.80 Å². The summed E-state index contributed by atoms with van der Waals surface area (Å²) >= 11 is 0. The third-order valence-corrected chi connectivity index (χ3v) is 16.1. The van der Waals surface area contributed by atoms with Gasteiger partial charge in [-0.2, -0.15) is 0 Å². The van der Waals surface area contributed by atoms with Gasteiger partial charge in [0.15, 0.2) is 0 Å². The van der Waals surface area contributed by atoms with Crippen molar-refractivity contribution in [3.8, 4) is 22.3 Å². The van der Waals surface area contributed by atoms with Gasteiger partial charge in [0, 0.05) is 40.9 Å². The highest BCUT2D eigenvalue weighted by atomic mass is 15.1. The smallest absolute Gasteiger partial charge is 0.0465 e. The van der Waals surface area contributed by atoms with Crippen LogP contribution in [-0.4, -0.2) is 7.05 Å². The summed E-state index contributed by atoms with van der Waals surface area (Å²) in [6.07, 6.45) is 20.0. The van der Waals surface area contributed by atoms with E-state index in [1.54, 1.807) is 27.8 Å². The van der Waals surface area contributed by atoms with Crippen LogP contribution in [0.1, 0.15) is 114 Å². The Labute approximate surface area is 412 Å². The van der Waals surface area contributed by atoms with E-state index in [2.05, 4.69) is 206 Å². The second-order valence-electron chi connectivity index (χ2n) is 20.6. The molecule has 0 radical (unpaired) electrons. The second-order valence-corrected chi connectivity index (χ2v) is 20.6. The molecule has 3 aliphatic rings. The monoisotopic (exact) mass is 901 g/mol. The molecule has 11 rings (SSSR count). The molecule has 0 N–H and O–H groups in total. The highest BCUT2D eigenvalue weighted by molar-refractivity contribution is 5.86. The van der Waals surface area contributed by atoms with Crippen molar-refractivity contribution in [3.05, 3.63) is 232 Å². The highest BCUT2D eigenvalue weighted by Crippen LogP contribution is 2.56. The molecule has 8 aromatic carbocycles. The summed E-state index contributed by atoms with van der Waals surface area (Å²) in [6.45, 7) is 2.30. The zero-order valence-electron chi connectivity index (χ0n) is 41.0. The number of hydrogen-bond acceptors (Lipinski definition) is 2. The molecular formula is C67H68N2. The van der Waals surface area contributed by atoms with Gasteiger partial charge in [-0.3, -0.25) is 0 Å². The van der Waals surface area contributed by atoms with Gasteiger partial charge in [-0.1, -0.05) is 165 Å². The van der Waals surface area contributed by atoms with Crippen LogP contribution in [0.3, 0.4) is 0 Å². The lowest BCUT2D eigenvalue weighted by Crippen LogP contribution is -2.26. The number of benzene rings is 8. The van der Waals surface area contributed by atoms with Gasteiger partial charge in [-0.05, 0) is 199 Å². The van der Waals surface area contributed by atoms with E-state index in [1.807, 2.05) is 0 Å². The van der Waals surface area contributed by atoms with Crippen molar-refractivity contribution >= 4 is 28.4 Å². The molecule has 0 unspecified atom stereocenters. The Balaban J connectivity index is 0.871. The van der Waals surface area contributed by atoms with Crippen LogP contribution in [-0.2, 0) is 43.9 Å². The number of nitrogens with zero attached hydrogens (tertiary/aromatic N) is 2. The van der Waals surface area contributed by atoms with E-state index in [0.29, 0.717) is 0 Å². The molecule has 0 bridgehead atoms. The molecule has 2 heteroatoms. The summed E-state index contributed by atoms with van der Waals surface area (Å²) in [7, 11) is 2.13. The third-order valence-electron chi connectivity index (χ3n) is 16.1. The quantitative estimate of drug-likeness (QED) is 0.0703. The predicted molar refractivity (Wildman–Crippen MR) is 293 cm³/mol. The molecule has 0 fully saturated rings. The van der Waals surface area contributed by atoms with Crippen LogP contribution in [0.5, 0.6) is 0 Å². The SMILES string of the molecule is Cc1ccc2c(c1)C(CCCCCCc1ccc3c(c1)CC3)(CCCCCCc1ccc3c(c1)CC3)c1cc(N(c3ccccc3)c3ccc(-c4ccc(N(C)c5ccccc5)cc4)cc3)ccc1-2. The Morgan fingerprint density at radius 2 is 0.826 bits per heavy atom. The summed E-state index contributed by atoms with van der Waals surface area (Å²) in [5.74, 6) is 0. The predicted octanol–water partition coefficient (Wildman–Crippen LogP) is 17.7. The second kappa shape index (κ2) is 20.1. The van der Waals surface area contributed by atoms with Crippen LogP contribution in [0, 0.1) is 6.92 Å². The van der Waals surface area contributed by atoms with Crippen LogP contribution < -0.4 is 9.80 Å². The average Bonchev–Trinajstić information content (AvgIpc) is 3.63. The van der Waals surface area contributed by atoms with Crippen molar-refractivity contribution < 1.29 is 0 Å². The van der Waals surface area contributed by atoms with E-state index < -0.39 is 0 Å². The van der Waals surface area contributed by atoms with Gasteiger partial charge >= 0.3 is 0 Å². The largest absolute Gasteiger partial charge is 0.345 e. The number of hydrogen-bond donors (Lipinski definition) is 0. The zero-order chi connectivity index (χ0) is 46.6. The summed E-state index contributed by atoms with van der Waals surface area (Å²) < 4.78 is 0. The molecule has 0 atom stereocenters. The van der Waals surface area contributed by atoms with E-state index in [1.165, 1.54) is 176 Å². The number of fused-ring (bicyclic) bond motifs is 5. The molecule has 0 aromatic heterocycles. The fourth-order valence-electron chi connectivity index (χ4n) is 11.9. The number of rotatable bonds is 20. The molecule has 0 heterocycles. The van der Waals surface area contributed by atoms with Gasteiger partial charge in [-0.15, -0.1) is 0 Å². The minimum absolute atomic E-state index is 0.0247. The maximum Gasteiger partial charge on any atom is 0.0465 e. The first kappa shape index (κ1) is 44.8. The zero-order valence-corrected chi connectivity index (χ0v) is 41.0. The van der Waals surface area contributed by atoms with Crippen LogP contribution in [0.2, 0.25) is 0 Å². The molecule has 69 heavy (non-hydrogen) atoms. The van der Waals surface area contributed by atoms with Crippen molar-refractivity contribution in [3.63, 3.8) is 0 Å². The molecule has 0 saturated heterocycles. The normalized spacial score (nSPS) is 13.7. The molecule has 0 spiro atoms. The Morgan fingerprint density at radius 3 is 1.36 bits per heavy atom. The molecule has 3 aliphatic carbocycles. The minimum atomic E-state index is -0.0247. The Bertz CT molecular complexity index is 2950. The molecule has 0 amide bonds. The molecular weight excluding hydrogens is 833 g/mol. The first-order valence-corrected chi connectivity index (χ1v) is 26.3.